The third-order valence-electron chi connectivity index (χ3n) is 2.97. The molecule has 4 nitrogen and oxygen atoms in total. The summed E-state index contributed by atoms with van der Waals surface area (Å²) in [4.78, 5) is 15.9. The number of cyclic esters (lactones) is 1. The van der Waals surface area contributed by atoms with E-state index in [1.54, 1.807) is 12.1 Å². The first-order valence-corrected chi connectivity index (χ1v) is 4.91. The van der Waals surface area contributed by atoms with E-state index in [0.717, 1.165) is 5.69 Å². The smallest absolute Gasteiger partial charge is 0.340 e. The Morgan fingerprint density at radius 2 is 2.13 bits per heavy atom. The fraction of sp³-hybridized carbons (Fsp3) is 0.455. The molecule has 1 aliphatic heterocycles. The number of hydrogen-bond donors (Lipinski definition) is 1. The van der Waals surface area contributed by atoms with Crippen molar-refractivity contribution in [1.82, 2.24) is 4.98 Å². The normalized spacial score (nSPS) is 23.1. The Bertz CT molecular complexity index is 427. The summed E-state index contributed by atoms with van der Waals surface area (Å²) in [6.07, 6.45) is 0. The molecule has 0 fully saturated rings. The van der Waals surface area contributed by atoms with E-state index in [2.05, 4.69) is 4.98 Å². The molecule has 0 bridgehead atoms. The van der Waals surface area contributed by atoms with Gasteiger partial charge >= 0.3 is 5.97 Å². The first-order valence-electron chi connectivity index (χ1n) is 4.91. The Balaban J connectivity index is 2.60. The van der Waals surface area contributed by atoms with E-state index in [4.69, 9.17) is 10.5 Å². The molecule has 2 heterocycles. The number of pyridine rings is 1. The molecule has 0 aliphatic carbocycles. The second-order valence-electron chi connectivity index (χ2n) is 4.38. The van der Waals surface area contributed by atoms with Gasteiger partial charge in [0.2, 0.25) is 0 Å². The van der Waals surface area contributed by atoms with Gasteiger partial charge in [-0.15, -0.1) is 0 Å². The van der Waals surface area contributed by atoms with Crippen LogP contribution in [0.4, 0.5) is 5.82 Å². The van der Waals surface area contributed by atoms with Gasteiger partial charge in [0.15, 0.2) is 0 Å². The number of nitrogen functional groups attached to an aromatic ring is 1. The summed E-state index contributed by atoms with van der Waals surface area (Å²) in [5.41, 5.74) is 6.35. The van der Waals surface area contributed by atoms with Gasteiger partial charge in [-0.2, -0.15) is 0 Å². The van der Waals surface area contributed by atoms with Gasteiger partial charge in [-0.25, -0.2) is 9.78 Å². The van der Waals surface area contributed by atoms with Crippen molar-refractivity contribution in [2.24, 2.45) is 0 Å². The van der Waals surface area contributed by atoms with Crippen LogP contribution in [0, 0.1) is 0 Å². The summed E-state index contributed by atoms with van der Waals surface area (Å²) in [6, 6.07) is 3.29. The molecule has 2 N–H and O–H groups in total. The number of esters is 1. The van der Waals surface area contributed by atoms with Crippen molar-refractivity contribution >= 4 is 11.8 Å². The van der Waals surface area contributed by atoms with Crippen LogP contribution in [-0.2, 0) is 4.74 Å². The molecule has 4 heteroatoms. The number of nitrogens with two attached hydrogens (primary N) is 1. The van der Waals surface area contributed by atoms with Crippen molar-refractivity contribution in [3.05, 3.63) is 23.4 Å². The minimum atomic E-state index is -0.523. The lowest BCUT2D eigenvalue weighted by atomic mass is 9.84. The van der Waals surface area contributed by atoms with Gasteiger partial charge in [-0.1, -0.05) is 6.92 Å². The average molecular weight is 206 g/mol. The van der Waals surface area contributed by atoms with Crippen LogP contribution in [-0.4, -0.2) is 16.6 Å². The van der Waals surface area contributed by atoms with E-state index in [-0.39, 0.29) is 11.9 Å². The maximum Gasteiger partial charge on any atom is 0.340 e. The monoisotopic (exact) mass is 206 g/mol. The largest absolute Gasteiger partial charge is 0.455 e. The van der Waals surface area contributed by atoms with E-state index in [9.17, 15) is 4.79 Å². The Labute approximate surface area is 88.4 Å². The lowest BCUT2D eigenvalue weighted by Gasteiger charge is -2.36. The van der Waals surface area contributed by atoms with Crippen molar-refractivity contribution in [2.45, 2.75) is 32.3 Å². The third-order valence-corrected chi connectivity index (χ3v) is 2.97. The lowest BCUT2D eigenvalue weighted by Crippen LogP contribution is -2.39. The molecule has 0 saturated carbocycles. The number of rotatable bonds is 0. The first kappa shape index (κ1) is 9.96. The minimum Gasteiger partial charge on any atom is -0.455 e. The molecule has 1 aliphatic rings. The Kier molecular flexibility index (Phi) is 1.96. The van der Waals surface area contributed by atoms with E-state index in [0.29, 0.717) is 11.4 Å². The molecular weight excluding hydrogens is 192 g/mol. The molecule has 80 valence electrons. The van der Waals surface area contributed by atoms with Crippen LogP contribution in [0.2, 0.25) is 0 Å². The fourth-order valence-corrected chi connectivity index (χ4v) is 1.70. The minimum absolute atomic E-state index is 0.0497. The van der Waals surface area contributed by atoms with Gasteiger partial charge in [-0.3, -0.25) is 0 Å². The topological polar surface area (TPSA) is 65.2 Å². The molecule has 2 rings (SSSR count). The maximum atomic E-state index is 11.7. The number of anilines is 1. The average Bonchev–Trinajstić information content (AvgIpc) is 2.13. The third kappa shape index (κ3) is 1.46. The highest BCUT2D eigenvalue weighted by atomic mass is 16.6. The van der Waals surface area contributed by atoms with Crippen LogP contribution in [0.25, 0.3) is 0 Å². The van der Waals surface area contributed by atoms with Gasteiger partial charge < -0.3 is 10.5 Å². The van der Waals surface area contributed by atoms with Crippen molar-refractivity contribution < 1.29 is 9.53 Å². The zero-order valence-electron chi connectivity index (χ0n) is 9.07. The molecular formula is C11H14N2O2. The van der Waals surface area contributed by atoms with Gasteiger partial charge in [0.25, 0.3) is 0 Å². The van der Waals surface area contributed by atoms with Gasteiger partial charge in [-0.05, 0) is 26.0 Å². The first-order chi connectivity index (χ1) is 6.92. The van der Waals surface area contributed by atoms with Crippen molar-refractivity contribution in [2.75, 3.05) is 5.73 Å². The second-order valence-corrected chi connectivity index (χ2v) is 4.38. The summed E-state index contributed by atoms with van der Waals surface area (Å²) >= 11 is 0. The number of ether oxygens (including phenoxy) is 1. The SMILES string of the molecule is C[C@@H]1c2nc(N)ccc2C(=O)OC1(C)C. The number of carbonyl (C=O) groups is 1. The molecule has 1 aromatic heterocycles. The highest BCUT2D eigenvalue weighted by molar-refractivity contribution is 5.92. The quantitative estimate of drug-likeness (QED) is 0.656. The van der Waals surface area contributed by atoms with E-state index >= 15 is 0 Å². The predicted molar refractivity (Wildman–Crippen MR) is 56.6 cm³/mol. The molecule has 1 aromatic rings. The number of fused-ring (bicyclic) bond motifs is 1. The van der Waals surface area contributed by atoms with Crippen LogP contribution >= 0.6 is 0 Å². The molecule has 0 spiro atoms. The zero-order valence-corrected chi connectivity index (χ0v) is 9.07. The summed E-state index contributed by atoms with van der Waals surface area (Å²) in [5, 5.41) is 0. The fourth-order valence-electron chi connectivity index (χ4n) is 1.70. The predicted octanol–water partition coefficient (Wildman–Crippen LogP) is 1.72. The summed E-state index contributed by atoms with van der Waals surface area (Å²) in [5.74, 6) is 0.167. The van der Waals surface area contributed by atoms with Crippen LogP contribution in [0.15, 0.2) is 12.1 Å². The molecule has 0 amide bonds. The van der Waals surface area contributed by atoms with Crippen LogP contribution < -0.4 is 5.73 Å². The second kappa shape index (κ2) is 2.95. The van der Waals surface area contributed by atoms with Gasteiger partial charge in [0.05, 0.1) is 11.3 Å². The van der Waals surface area contributed by atoms with Gasteiger partial charge in [0.1, 0.15) is 11.4 Å². The standard InChI is InChI=1S/C11H14N2O2/c1-6-9-7(4-5-8(12)13-9)10(14)15-11(6,2)3/h4-6H,1-3H3,(H2,12,13)/t6-/m1/s1. The molecule has 0 radical (unpaired) electrons. The van der Waals surface area contributed by atoms with Crippen LogP contribution in [0.5, 0.6) is 0 Å². The molecule has 0 saturated heterocycles. The molecule has 0 unspecified atom stereocenters. The lowest BCUT2D eigenvalue weighted by molar-refractivity contribution is -0.0189. The Morgan fingerprint density at radius 3 is 2.80 bits per heavy atom. The van der Waals surface area contributed by atoms with Crippen LogP contribution in [0.1, 0.15) is 42.7 Å². The highest BCUT2D eigenvalue weighted by Gasteiger charge is 2.39. The van der Waals surface area contributed by atoms with E-state index < -0.39 is 5.60 Å². The van der Waals surface area contributed by atoms with Crippen molar-refractivity contribution in [3.8, 4) is 0 Å². The van der Waals surface area contributed by atoms with Crippen molar-refractivity contribution in [3.63, 3.8) is 0 Å². The summed E-state index contributed by atoms with van der Waals surface area (Å²) in [7, 11) is 0. The summed E-state index contributed by atoms with van der Waals surface area (Å²) < 4.78 is 5.33. The summed E-state index contributed by atoms with van der Waals surface area (Å²) in [6.45, 7) is 5.74. The number of aromatic nitrogens is 1. The van der Waals surface area contributed by atoms with E-state index in [1.165, 1.54) is 0 Å². The number of hydrogen-bond acceptors (Lipinski definition) is 4. The van der Waals surface area contributed by atoms with Gasteiger partial charge in [0, 0.05) is 5.92 Å². The number of carbonyl (C=O) groups excluding carboxylic acids is 1. The number of nitrogens with zero attached hydrogens (tertiary/aromatic N) is 1. The van der Waals surface area contributed by atoms with E-state index in [1.807, 2.05) is 20.8 Å². The molecule has 0 aromatic carbocycles. The molecule has 1 atom stereocenters. The highest BCUT2D eigenvalue weighted by Crippen LogP contribution is 2.37. The Hall–Kier alpha value is -1.58. The van der Waals surface area contributed by atoms with Crippen molar-refractivity contribution in [1.29, 1.82) is 0 Å². The molecule has 15 heavy (non-hydrogen) atoms. The maximum absolute atomic E-state index is 11.7. The van der Waals surface area contributed by atoms with Crippen LogP contribution in [0.3, 0.4) is 0 Å². The Morgan fingerprint density at radius 1 is 1.47 bits per heavy atom. The zero-order chi connectivity index (χ0) is 11.2.